The molecule has 1 atom stereocenters. The fraction of sp³-hybridized carbons (Fsp3) is 0.211. The van der Waals surface area contributed by atoms with Gasteiger partial charge in [-0.15, -0.1) is 0 Å². The van der Waals surface area contributed by atoms with Crippen molar-refractivity contribution in [1.82, 2.24) is 15.5 Å². The zero-order valence-electron chi connectivity index (χ0n) is 14.9. The topological polar surface area (TPSA) is 80.0 Å². The lowest BCUT2D eigenvalue weighted by molar-refractivity contribution is 0.247. The second kappa shape index (κ2) is 8.55. The van der Waals surface area contributed by atoms with Crippen LogP contribution in [0.3, 0.4) is 0 Å². The van der Waals surface area contributed by atoms with Gasteiger partial charge in [0.1, 0.15) is 17.5 Å². The molecule has 28 heavy (non-hydrogen) atoms. The maximum atomic E-state index is 13.9. The van der Waals surface area contributed by atoms with E-state index in [1.807, 2.05) is 0 Å². The lowest BCUT2D eigenvalue weighted by Gasteiger charge is -2.17. The Balaban J connectivity index is 1.62. The monoisotopic (exact) mass is 390 g/mol. The number of nitrogens with zero attached hydrogens (tertiary/aromatic N) is 2. The Morgan fingerprint density at radius 3 is 2.54 bits per heavy atom. The summed E-state index contributed by atoms with van der Waals surface area (Å²) in [4.78, 5) is 16.2. The maximum Gasteiger partial charge on any atom is 0.329 e. The second-order valence-electron chi connectivity index (χ2n) is 6.04. The van der Waals surface area contributed by atoms with Gasteiger partial charge in [0.05, 0.1) is 6.04 Å². The summed E-state index contributed by atoms with van der Waals surface area (Å²) in [6, 6.07) is 7.28. The summed E-state index contributed by atoms with van der Waals surface area (Å²) in [7, 11) is 0. The van der Waals surface area contributed by atoms with Gasteiger partial charge in [0.25, 0.3) is 0 Å². The van der Waals surface area contributed by atoms with Gasteiger partial charge in [0, 0.05) is 12.0 Å². The molecule has 0 bridgehead atoms. The number of nitrogens with one attached hydrogen (secondary N) is 2. The van der Waals surface area contributed by atoms with Crippen LogP contribution in [0.2, 0.25) is 0 Å². The molecule has 6 nitrogen and oxygen atoms in total. The van der Waals surface area contributed by atoms with E-state index in [1.165, 1.54) is 12.1 Å². The summed E-state index contributed by atoms with van der Waals surface area (Å²) in [5.74, 6) is -1.27. The molecule has 0 saturated heterocycles. The van der Waals surface area contributed by atoms with Crippen molar-refractivity contribution >= 4 is 12.0 Å². The molecule has 0 saturated carbocycles. The standard InChI is InChI=1S/C19H17F3N4O2/c1-2-16(14-10-13(21)7-8-15(14)22)23-18(27)25-19-24-17(26-28-19)9-11-3-5-12(20)6-4-11/h3-8,10,16H,2,9H2,1H3,(H2,23,24,25,26,27). The van der Waals surface area contributed by atoms with Gasteiger partial charge in [0.2, 0.25) is 0 Å². The summed E-state index contributed by atoms with van der Waals surface area (Å²) in [6.45, 7) is 1.72. The number of hydrogen-bond acceptors (Lipinski definition) is 4. The van der Waals surface area contributed by atoms with Crippen molar-refractivity contribution in [2.45, 2.75) is 25.8 Å². The van der Waals surface area contributed by atoms with Crippen LogP contribution in [-0.2, 0) is 6.42 Å². The van der Waals surface area contributed by atoms with Gasteiger partial charge in [0.15, 0.2) is 5.82 Å². The number of urea groups is 1. The highest BCUT2D eigenvalue weighted by Gasteiger charge is 2.19. The normalized spacial score (nSPS) is 11.9. The van der Waals surface area contributed by atoms with Crippen molar-refractivity contribution in [1.29, 1.82) is 0 Å². The van der Waals surface area contributed by atoms with Gasteiger partial charge in [-0.05, 0) is 42.3 Å². The molecule has 9 heteroatoms. The van der Waals surface area contributed by atoms with E-state index in [1.54, 1.807) is 19.1 Å². The number of benzene rings is 2. The van der Waals surface area contributed by atoms with Crippen LogP contribution in [0.15, 0.2) is 47.0 Å². The highest BCUT2D eigenvalue weighted by Crippen LogP contribution is 2.21. The molecule has 0 aliphatic rings. The van der Waals surface area contributed by atoms with E-state index < -0.39 is 23.7 Å². The van der Waals surface area contributed by atoms with Crippen molar-refractivity contribution in [2.24, 2.45) is 0 Å². The zero-order valence-corrected chi connectivity index (χ0v) is 14.9. The molecule has 0 fully saturated rings. The molecule has 2 amide bonds. The number of rotatable bonds is 6. The molecule has 0 aliphatic heterocycles. The molecule has 146 valence electrons. The van der Waals surface area contributed by atoms with E-state index in [0.717, 1.165) is 23.8 Å². The number of amides is 2. The molecule has 0 aliphatic carbocycles. The number of hydrogen-bond donors (Lipinski definition) is 2. The molecule has 2 N–H and O–H groups in total. The van der Waals surface area contributed by atoms with Crippen LogP contribution in [0.1, 0.15) is 36.3 Å². The molecule has 1 heterocycles. The largest absolute Gasteiger partial charge is 0.331 e. The molecule has 0 spiro atoms. The van der Waals surface area contributed by atoms with Crippen LogP contribution < -0.4 is 10.6 Å². The summed E-state index contributed by atoms with van der Waals surface area (Å²) < 4.78 is 45.2. The van der Waals surface area contributed by atoms with Gasteiger partial charge in [-0.2, -0.15) is 4.98 Å². The van der Waals surface area contributed by atoms with Gasteiger partial charge in [-0.3, -0.25) is 5.32 Å². The Bertz CT molecular complexity index is 960. The Hall–Kier alpha value is -3.36. The highest BCUT2D eigenvalue weighted by molar-refractivity contribution is 5.87. The predicted molar refractivity (Wildman–Crippen MR) is 95.0 cm³/mol. The van der Waals surface area contributed by atoms with E-state index in [-0.39, 0.29) is 17.4 Å². The van der Waals surface area contributed by atoms with E-state index >= 15 is 0 Å². The Labute approximate surface area is 158 Å². The van der Waals surface area contributed by atoms with Crippen molar-refractivity contribution in [2.75, 3.05) is 5.32 Å². The predicted octanol–water partition coefficient (Wildman–Crippen LogP) is 4.35. The summed E-state index contributed by atoms with van der Waals surface area (Å²) in [5, 5.41) is 8.64. The number of halogens is 3. The fourth-order valence-corrected chi connectivity index (χ4v) is 2.63. The minimum absolute atomic E-state index is 0.0418. The van der Waals surface area contributed by atoms with Crippen LogP contribution in [0, 0.1) is 17.5 Å². The van der Waals surface area contributed by atoms with Gasteiger partial charge in [-0.1, -0.05) is 24.2 Å². The van der Waals surface area contributed by atoms with Crippen LogP contribution in [0.25, 0.3) is 0 Å². The lowest BCUT2D eigenvalue weighted by atomic mass is 10.0. The summed E-state index contributed by atoms with van der Waals surface area (Å²) in [6.07, 6.45) is 0.632. The Morgan fingerprint density at radius 1 is 1.11 bits per heavy atom. The van der Waals surface area contributed by atoms with Crippen LogP contribution in [0.4, 0.5) is 24.0 Å². The molecule has 2 aromatic carbocycles. The first kappa shape index (κ1) is 19.4. The Kier molecular flexibility index (Phi) is 5.93. The minimum Gasteiger partial charge on any atom is -0.331 e. The smallest absolute Gasteiger partial charge is 0.329 e. The first-order valence-corrected chi connectivity index (χ1v) is 8.54. The molecular weight excluding hydrogens is 373 g/mol. The van der Waals surface area contributed by atoms with E-state index in [0.29, 0.717) is 18.7 Å². The average Bonchev–Trinajstić information content (AvgIpc) is 3.10. The number of carbonyl (C=O) groups excluding carboxylic acids is 1. The van der Waals surface area contributed by atoms with Crippen LogP contribution >= 0.6 is 0 Å². The second-order valence-corrected chi connectivity index (χ2v) is 6.04. The molecule has 0 radical (unpaired) electrons. The number of carbonyl (C=O) groups is 1. The van der Waals surface area contributed by atoms with Crippen molar-refractivity contribution in [3.63, 3.8) is 0 Å². The van der Waals surface area contributed by atoms with Gasteiger partial charge >= 0.3 is 12.0 Å². The third kappa shape index (κ3) is 4.87. The van der Waals surface area contributed by atoms with Crippen molar-refractivity contribution < 1.29 is 22.5 Å². The molecular formula is C19H17F3N4O2. The fourth-order valence-electron chi connectivity index (χ4n) is 2.63. The lowest BCUT2D eigenvalue weighted by Crippen LogP contribution is -2.33. The van der Waals surface area contributed by atoms with E-state index in [2.05, 4.69) is 20.8 Å². The molecule has 3 aromatic rings. The van der Waals surface area contributed by atoms with Crippen LogP contribution in [-0.4, -0.2) is 16.2 Å². The number of anilines is 1. The first-order chi connectivity index (χ1) is 13.4. The highest BCUT2D eigenvalue weighted by atomic mass is 19.1. The van der Waals surface area contributed by atoms with E-state index in [9.17, 15) is 18.0 Å². The summed E-state index contributed by atoms with van der Waals surface area (Å²) >= 11 is 0. The maximum absolute atomic E-state index is 13.9. The van der Waals surface area contributed by atoms with Gasteiger partial charge in [-0.25, -0.2) is 18.0 Å². The molecule has 1 aromatic heterocycles. The third-order valence-corrected chi connectivity index (χ3v) is 4.01. The quantitative estimate of drug-likeness (QED) is 0.656. The Morgan fingerprint density at radius 2 is 1.82 bits per heavy atom. The number of aromatic nitrogens is 2. The molecule has 3 rings (SSSR count). The third-order valence-electron chi connectivity index (χ3n) is 4.01. The summed E-state index contributed by atoms with van der Waals surface area (Å²) in [5.41, 5.74) is 0.811. The van der Waals surface area contributed by atoms with Crippen molar-refractivity contribution in [3.8, 4) is 0 Å². The van der Waals surface area contributed by atoms with E-state index in [4.69, 9.17) is 4.52 Å². The average molecular weight is 390 g/mol. The minimum atomic E-state index is -0.739. The molecule has 1 unspecified atom stereocenters. The van der Waals surface area contributed by atoms with Crippen LogP contribution in [0.5, 0.6) is 0 Å². The van der Waals surface area contributed by atoms with Gasteiger partial charge < -0.3 is 9.84 Å². The first-order valence-electron chi connectivity index (χ1n) is 8.54. The van der Waals surface area contributed by atoms with Crippen molar-refractivity contribution in [3.05, 3.63) is 76.9 Å². The SMILES string of the molecule is CCC(NC(=O)Nc1nc(Cc2ccc(F)cc2)no1)c1cc(F)ccc1F. The zero-order chi connectivity index (χ0) is 20.1.